The van der Waals surface area contributed by atoms with Crippen LogP contribution < -0.4 is 19.5 Å². The second-order valence-electron chi connectivity index (χ2n) is 6.22. The lowest BCUT2D eigenvalue weighted by molar-refractivity contribution is -0.128. The Morgan fingerprint density at radius 2 is 1.46 bits per heavy atom. The van der Waals surface area contributed by atoms with Crippen LogP contribution >= 0.6 is 0 Å². The number of benzene rings is 2. The van der Waals surface area contributed by atoms with Gasteiger partial charge < -0.3 is 19.5 Å². The summed E-state index contributed by atoms with van der Waals surface area (Å²) in [5.41, 5.74) is 1.01. The molecule has 0 bridgehead atoms. The zero-order chi connectivity index (χ0) is 18.9. The molecule has 1 amide bonds. The lowest BCUT2D eigenvalue weighted by Gasteiger charge is -2.17. The number of ether oxygens (including phenoxy) is 3. The fraction of sp³-hybridized carbons (Fsp3) is 0.381. The van der Waals surface area contributed by atoms with Crippen LogP contribution in [0.3, 0.4) is 0 Å². The molecule has 1 atom stereocenters. The van der Waals surface area contributed by atoms with Crippen LogP contribution in [-0.2, 0) is 11.3 Å². The summed E-state index contributed by atoms with van der Waals surface area (Å²) in [7, 11) is 1.61. The van der Waals surface area contributed by atoms with E-state index in [4.69, 9.17) is 14.2 Å². The third-order valence-electron chi connectivity index (χ3n) is 3.76. The predicted molar refractivity (Wildman–Crippen MR) is 102 cm³/mol. The van der Waals surface area contributed by atoms with Crippen LogP contribution in [0.1, 0.15) is 32.8 Å². The molecule has 5 heteroatoms. The molecule has 2 aromatic carbocycles. The van der Waals surface area contributed by atoms with Gasteiger partial charge in [0.15, 0.2) is 6.10 Å². The van der Waals surface area contributed by atoms with Crippen molar-refractivity contribution in [1.82, 2.24) is 5.32 Å². The molecule has 2 rings (SSSR count). The van der Waals surface area contributed by atoms with E-state index in [1.807, 2.05) is 45.0 Å². The first-order chi connectivity index (χ1) is 12.5. The number of nitrogens with one attached hydrogen (secondary N) is 1. The zero-order valence-corrected chi connectivity index (χ0v) is 15.8. The van der Waals surface area contributed by atoms with Crippen molar-refractivity contribution in [3.05, 3.63) is 54.1 Å². The van der Waals surface area contributed by atoms with Crippen molar-refractivity contribution < 1.29 is 19.0 Å². The Labute approximate surface area is 155 Å². The Hall–Kier alpha value is -2.69. The normalized spacial score (nSPS) is 11.7. The summed E-state index contributed by atoms with van der Waals surface area (Å²) in [5.74, 6) is 2.08. The maximum Gasteiger partial charge on any atom is 0.261 e. The van der Waals surface area contributed by atoms with Crippen LogP contribution in [-0.4, -0.2) is 25.2 Å². The van der Waals surface area contributed by atoms with E-state index < -0.39 is 6.10 Å². The van der Waals surface area contributed by atoms with E-state index in [1.165, 1.54) is 0 Å². The predicted octanol–water partition coefficient (Wildman–Crippen LogP) is 3.96. The SMILES string of the molecule is CCC(Oc1ccc(OC)cc1)C(=O)NCc1ccc(OC(C)C)cc1. The number of carbonyl (C=O) groups is 1. The van der Waals surface area contributed by atoms with Crippen LogP contribution in [0.25, 0.3) is 0 Å². The molecule has 5 nitrogen and oxygen atoms in total. The molecule has 0 aliphatic heterocycles. The van der Waals surface area contributed by atoms with E-state index in [-0.39, 0.29) is 12.0 Å². The first kappa shape index (κ1) is 19.6. The summed E-state index contributed by atoms with van der Waals surface area (Å²) in [6, 6.07) is 14.9. The van der Waals surface area contributed by atoms with Gasteiger partial charge in [-0.05, 0) is 62.2 Å². The Kier molecular flexibility index (Phi) is 7.33. The maximum atomic E-state index is 12.4. The number of carbonyl (C=O) groups excluding carboxylic acids is 1. The van der Waals surface area contributed by atoms with Crippen molar-refractivity contribution >= 4 is 5.91 Å². The highest BCUT2D eigenvalue weighted by molar-refractivity contribution is 5.81. The van der Waals surface area contributed by atoms with Crippen molar-refractivity contribution in [2.45, 2.75) is 45.9 Å². The van der Waals surface area contributed by atoms with Gasteiger partial charge in [0, 0.05) is 6.54 Å². The molecule has 1 unspecified atom stereocenters. The average molecular weight is 357 g/mol. The van der Waals surface area contributed by atoms with Crippen molar-refractivity contribution in [1.29, 1.82) is 0 Å². The minimum Gasteiger partial charge on any atom is -0.497 e. The quantitative estimate of drug-likeness (QED) is 0.738. The van der Waals surface area contributed by atoms with Gasteiger partial charge in [0.05, 0.1) is 13.2 Å². The largest absolute Gasteiger partial charge is 0.497 e. The Morgan fingerprint density at radius 3 is 2.00 bits per heavy atom. The van der Waals surface area contributed by atoms with Crippen LogP contribution in [0.2, 0.25) is 0 Å². The molecule has 2 aromatic rings. The summed E-state index contributed by atoms with van der Waals surface area (Å²) >= 11 is 0. The van der Waals surface area contributed by atoms with E-state index in [9.17, 15) is 4.79 Å². The smallest absolute Gasteiger partial charge is 0.261 e. The number of hydrogen-bond donors (Lipinski definition) is 1. The van der Waals surface area contributed by atoms with Gasteiger partial charge in [-0.25, -0.2) is 0 Å². The van der Waals surface area contributed by atoms with Gasteiger partial charge in [0.1, 0.15) is 17.2 Å². The van der Waals surface area contributed by atoms with Gasteiger partial charge in [-0.1, -0.05) is 19.1 Å². The topological polar surface area (TPSA) is 56.8 Å². The van der Waals surface area contributed by atoms with Gasteiger partial charge in [-0.15, -0.1) is 0 Å². The summed E-state index contributed by atoms with van der Waals surface area (Å²) < 4.78 is 16.5. The first-order valence-corrected chi connectivity index (χ1v) is 8.85. The van der Waals surface area contributed by atoms with E-state index >= 15 is 0 Å². The monoisotopic (exact) mass is 357 g/mol. The van der Waals surface area contributed by atoms with Crippen molar-refractivity contribution in [3.63, 3.8) is 0 Å². The summed E-state index contributed by atoms with van der Waals surface area (Å²) in [6.07, 6.45) is 0.187. The summed E-state index contributed by atoms with van der Waals surface area (Å²) in [5, 5.41) is 2.92. The highest BCUT2D eigenvalue weighted by Gasteiger charge is 2.18. The van der Waals surface area contributed by atoms with E-state index in [0.29, 0.717) is 18.7 Å². The fourth-order valence-corrected chi connectivity index (χ4v) is 2.40. The molecule has 0 aliphatic rings. The van der Waals surface area contributed by atoms with Crippen molar-refractivity contribution in [3.8, 4) is 17.2 Å². The fourth-order valence-electron chi connectivity index (χ4n) is 2.40. The molecule has 0 aliphatic carbocycles. The molecule has 0 saturated heterocycles. The Bertz CT molecular complexity index is 680. The molecule has 0 fully saturated rings. The summed E-state index contributed by atoms with van der Waals surface area (Å²) in [6.45, 7) is 6.35. The Balaban J connectivity index is 1.87. The molecule has 0 saturated carbocycles. The highest BCUT2D eigenvalue weighted by atomic mass is 16.5. The second kappa shape index (κ2) is 9.70. The van der Waals surface area contributed by atoms with Crippen LogP contribution in [0.15, 0.2) is 48.5 Å². The standard InChI is InChI=1S/C21H27NO4/c1-5-20(26-19-12-10-17(24-4)11-13-19)21(23)22-14-16-6-8-18(9-7-16)25-15(2)3/h6-13,15,20H,5,14H2,1-4H3,(H,22,23). The molecule has 0 aromatic heterocycles. The van der Waals surface area contributed by atoms with E-state index in [0.717, 1.165) is 17.1 Å². The highest BCUT2D eigenvalue weighted by Crippen LogP contribution is 2.19. The van der Waals surface area contributed by atoms with Gasteiger partial charge in [0.2, 0.25) is 0 Å². The van der Waals surface area contributed by atoms with Gasteiger partial charge in [0.25, 0.3) is 5.91 Å². The molecule has 0 radical (unpaired) electrons. The van der Waals surface area contributed by atoms with Crippen molar-refractivity contribution in [2.75, 3.05) is 7.11 Å². The average Bonchev–Trinajstić information content (AvgIpc) is 2.65. The number of amides is 1. The van der Waals surface area contributed by atoms with E-state index in [2.05, 4.69) is 5.32 Å². The summed E-state index contributed by atoms with van der Waals surface area (Å²) in [4.78, 5) is 12.4. The second-order valence-corrected chi connectivity index (χ2v) is 6.22. The Morgan fingerprint density at radius 1 is 0.923 bits per heavy atom. The molecule has 0 spiro atoms. The minimum atomic E-state index is -0.535. The molecular weight excluding hydrogens is 330 g/mol. The first-order valence-electron chi connectivity index (χ1n) is 8.85. The number of hydrogen-bond acceptors (Lipinski definition) is 4. The number of methoxy groups -OCH3 is 1. The molecular formula is C21H27NO4. The van der Waals surface area contributed by atoms with Crippen LogP contribution in [0.5, 0.6) is 17.2 Å². The molecule has 1 N–H and O–H groups in total. The number of rotatable bonds is 9. The minimum absolute atomic E-state index is 0.133. The third kappa shape index (κ3) is 5.99. The van der Waals surface area contributed by atoms with Gasteiger partial charge in [-0.3, -0.25) is 4.79 Å². The van der Waals surface area contributed by atoms with E-state index in [1.54, 1.807) is 31.4 Å². The lowest BCUT2D eigenvalue weighted by atomic mass is 10.2. The molecule has 26 heavy (non-hydrogen) atoms. The lowest BCUT2D eigenvalue weighted by Crippen LogP contribution is -2.37. The van der Waals surface area contributed by atoms with Crippen LogP contribution in [0.4, 0.5) is 0 Å². The zero-order valence-electron chi connectivity index (χ0n) is 15.8. The van der Waals surface area contributed by atoms with Crippen LogP contribution in [0, 0.1) is 0 Å². The molecule has 0 heterocycles. The van der Waals surface area contributed by atoms with Gasteiger partial charge in [-0.2, -0.15) is 0 Å². The molecule has 140 valence electrons. The van der Waals surface area contributed by atoms with Crippen molar-refractivity contribution in [2.24, 2.45) is 0 Å². The maximum absolute atomic E-state index is 12.4. The van der Waals surface area contributed by atoms with Gasteiger partial charge >= 0.3 is 0 Å². The third-order valence-corrected chi connectivity index (χ3v) is 3.76.